The molecule has 5 nitrogen and oxygen atoms in total. The Balaban J connectivity index is 1.68. The van der Waals surface area contributed by atoms with E-state index in [0.29, 0.717) is 33.6 Å². The van der Waals surface area contributed by atoms with Gasteiger partial charge in [0.25, 0.3) is 5.56 Å². The Hall–Kier alpha value is -2.38. The zero-order chi connectivity index (χ0) is 23.7. The van der Waals surface area contributed by atoms with Crippen molar-refractivity contribution in [1.29, 1.82) is 0 Å². The first-order chi connectivity index (χ1) is 15.8. The molecule has 1 heterocycles. The molecular formula is C25H27ClFN3O2S. The number of fused-ring (bicyclic) bond motifs is 1. The van der Waals surface area contributed by atoms with Gasteiger partial charge < -0.3 is 5.32 Å². The summed E-state index contributed by atoms with van der Waals surface area (Å²) in [7, 11) is 0. The molecule has 33 heavy (non-hydrogen) atoms. The quantitative estimate of drug-likeness (QED) is 0.376. The first-order valence-corrected chi connectivity index (χ1v) is 12.5. The number of thioether (sulfide) groups is 1. The number of rotatable bonds is 5. The van der Waals surface area contributed by atoms with Gasteiger partial charge >= 0.3 is 0 Å². The SMILES string of the molecule is C[C@H]1[C@H](C)CCC[C@H]1NC(=O)[C@H](C)Sc1nc2ccccc2c(=O)n1-c1ccc(F)c(Cl)c1. The summed E-state index contributed by atoms with van der Waals surface area (Å²) in [6.45, 7) is 6.22. The monoisotopic (exact) mass is 487 g/mol. The third kappa shape index (κ3) is 4.94. The first kappa shape index (κ1) is 23.8. The maximum absolute atomic E-state index is 13.8. The second-order valence-corrected chi connectivity index (χ2v) is 10.5. The molecule has 4 rings (SSSR count). The fourth-order valence-electron chi connectivity index (χ4n) is 4.34. The van der Waals surface area contributed by atoms with Gasteiger partial charge in [-0.15, -0.1) is 0 Å². The van der Waals surface area contributed by atoms with Gasteiger partial charge in [0, 0.05) is 6.04 Å². The van der Waals surface area contributed by atoms with Crippen molar-refractivity contribution < 1.29 is 9.18 Å². The number of carbonyl (C=O) groups excluding carboxylic acids is 1. The van der Waals surface area contributed by atoms with E-state index in [1.165, 1.54) is 40.9 Å². The van der Waals surface area contributed by atoms with Crippen LogP contribution in [0.1, 0.15) is 40.0 Å². The van der Waals surface area contributed by atoms with Crippen LogP contribution in [0.2, 0.25) is 5.02 Å². The molecule has 0 spiro atoms. The van der Waals surface area contributed by atoms with Crippen molar-refractivity contribution in [2.75, 3.05) is 0 Å². The van der Waals surface area contributed by atoms with Gasteiger partial charge in [-0.1, -0.05) is 62.2 Å². The lowest BCUT2D eigenvalue weighted by Crippen LogP contribution is -2.46. The van der Waals surface area contributed by atoms with Crippen molar-refractivity contribution >= 4 is 40.2 Å². The number of benzene rings is 2. The van der Waals surface area contributed by atoms with Crippen molar-refractivity contribution in [2.45, 2.75) is 56.5 Å². The van der Waals surface area contributed by atoms with E-state index in [4.69, 9.17) is 11.6 Å². The van der Waals surface area contributed by atoms with E-state index in [1.54, 1.807) is 25.1 Å². The van der Waals surface area contributed by atoms with Crippen LogP contribution in [-0.4, -0.2) is 26.8 Å². The molecule has 174 valence electrons. The summed E-state index contributed by atoms with van der Waals surface area (Å²) in [5, 5.41) is 3.42. The average Bonchev–Trinajstić information content (AvgIpc) is 2.79. The standard InChI is InChI=1S/C25H27ClFN3O2S/c1-14-7-6-10-21(15(14)2)28-23(31)16(3)33-25-29-22-9-5-4-8-18(22)24(32)30(25)17-11-12-20(27)19(26)13-17/h4-5,8-9,11-16,21H,6-7,10H2,1-3H3,(H,28,31)/t14-,15+,16+,21-/m1/s1. The molecule has 4 atom stereocenters. The summed E-state index contributed by atoms with van der Waals surface area (Å²) in [6.07, 6.45) is 3.27. The molecule has 0 unspecified atom stereocenters. The molecule has 1 aliphatic carbocycles. The minimum Gasteiger partial charge on any atom is -0.352 e. The number of carbonyl (C=O) groups is 1. The molecule has 0 radical (unpaired) electrons. The van der Waals surface area contributed by atoms with Crippen LogP contribution in [0, 0.1) is 17.7 Å². The number of nitrogens with zero attached hydrogens (tertiary/aromatic N) is 2. The number of hydrogen-bond donors (Lipinski definition) is 1. The topological polar surface area (TPSA) is 64.0 Å². The third-order valence-corrected chi connectivity index (χ3v) is 7.93. The summed E-state index contributed by atoms with van der Waals surface area (Å²) in [5.41, 5.74) is 0.638. The second kappa shape index (κ2) is 9.85. The number of hydrogen-bond acceptors (Lipinski definition) is 4. The van der Waals surface area contributed by atoms with Gasteiger partial charge in [-0.3, -0.25) is 14.2 Å². The van der Waals surface area contributed by atoms with Gasteiger partial charge in [0.15, 0.2) is 5.16 Å². The summed E-state index contributed by atoms with van der Waals surface area (Å²) in [6, 6.07) is 11.3. The van der Waals surface area contributed by atoms with E-state index in [1.807, 2.05) is 6.07 Å². The van der Waals surface area contributed by atoms with E-state index in [0.717, 1.165) is 12.8 Å². The molecule has 1 N–H and O–H groups in total. The smallest absolute Gasteiger partial charge is 0.266 e. The summed E-state index contributed by atoms with van der Waals surface area (Å²) < 4.78 is 15.2. The van der Waals surface area contributed by atoms with Crippen LogP contribution in [0.5, 0.6) is 0 Å². The zero-order valence-corrected chi connectivity index (χ0v) is 20.4. The molecule has 1 fully saturated rings. The van der Waals surface area contributed by atoms with Crippen molar-refractivity contribution in [3.8, 4) is 5.69 Å². The molecule has 1 aromatic heterocycles. The van der Waals surface area contributed by atoms with Crippen LogP contribution >= 0.6 is 23.4 Å². The fraction of sp³-hybridized carbons (Fsp3) is 0.400. The van der Waals surface area contributed by atoms with E-state index < -0.39 is 11.1 Å². The predicted octanol–water partition coefficient (Wildman–Crippen LogP) is 5.60. The number of aromatic nitrogens is 2. The van der Waals surface area contributed by atoms with Crippen LogP contribution in [0.4, 0.5) is 4.39 Å². The third-order valence-electron chi connectivity index (χ3n) is 6.59. The summed E-state index contributed by atoms with van der Waals surface area (Å²) >= 11 is 7.20. The minimum absolute atomic E-state index is 0.0861. The van der Waals surface area contributed by atoms with Crippen molar-refractivity contribution in [1.82, 2.24) is 14.9 Å². The highest BCUT2D eigenvalue weighted by atomic mass is 35.5. The van der Waals surface area contributed by atoms with Crippen LogP contribution in [0.25, 0.3) is 16.6 Å². The van der Waals surface area contributed by atoms with Crippen LogP contribution < -0.4 is 10.9 Å². The van der Waals surface area contributed by atoms with Gasteiger partial charge in [0.05, 0.1) is 26.9 Å². The largest absolute Gasteiger partial charge is 0.352 e. The van der Waals surface area contributed by atoms with Crippen molar-refractivity contribution in [3.05, 3.63) is 63.7 Å². The Kier molecular flexibility index (Phi) is 7.10. The highest BCUT2D eigenvalue weighted by Crippen LogP contribution is 2.31. The van der Waals surface area contributed by atoms with Gasteiger partial charge in [-0.2, -0.15) is 0 Å². The first-order valence-electron chi connectivity index (χ1n) is 11.2. The van der Waals surface area contributed by atoms with Gasteiger partial charge in [-0.25, -0.2) is 9.37 Å². The van der Waals surface area contributed by atoms with Crippen LogP contribution in [0.3, 0.4) is 0 Å². The molecule has 0 aliphatic heterocycles. The number of nitrogens with one attached hydrogen (secondary N) is 1. The van der Waals surface area contributed by atoms with Crippen molar-refractivity contribution in [3.63, 3.8) is 0 Å². The van der Waals surface area contributed by atoms with Crippen LogP contribution in [-0.2, 0) is 4.79 Å². The lowest BCUT2D eigenvalue weighted by Gasteiger charge is -2.35. The predicted molar refractivity (Wildman–Crippen MR) is 132 cm³/mol. The van der Waals surface area contributed by atoms with E-state index in [9.17, 15) is 14.0 Å². The van der Waals surface area contributed by atoms with Crippen molar-refractivity contribution in [2.24, 2.45) is 11.8 Å². The molecular weight excluding hydrogens is 461 g/mol. The van der Waals surface area contributed by atoms with E-state index in [2.05, 4.69) is 24.1 Å². The van der Waals surface area contributed by atoms with E-state index in [-0.39, 0.29) is 22.5 Å². The normalized spacial score (nSPS) is 21.7. The Morgan fingerprint density at radius 1 is 1.24 bits per heavy atom. The van der Waals surface area contributed by atoms with Gasteiger partial charge in [0.1, 0.15) is 5.82 Å². The molecule has 0 bridgehead atoms. The Morgan fingerprint density at radius 3 is 2.76 bits per heavy atom. The highest BCUT2D eigenvalue weighted by molar-refractivity contribution is 8.00. The summed E-state index contributed by atoms with van der Waals surface area (Å²) in [4.78, 5) is 31.1. The molecule has 2 aromatic carbocycles. The van der Waals surface area contributed by atoms with E-state index >= 15 is 0 Å². The molecule has 1 aliphatic rings. The maximum Gasteiger partial charge on any atom is 0.266 e. The Morgan fingerprint density at radius 2 is 2.00 bits per heavy atom. The maximum atomic E-state index is 13.8. The highest BCUT2D eigenvalue weighted by Gasteiger charge is 2.30. The minimum atomic E-state index is -0.569. The Labute approximate surface area is 201 Å². The average molecular weight is 488 g/mol. The lowest BCUT2D eigenvalue weighted by molar-refractivity contribution is -0.121. The molecule has 0 saturated heterocycles. The van der Waals surface area contributed by atoms with Gasteiger partial charge in [-0.05, 0) is 55.5 Å². The van der Waals surface area contributed by atoms with Gasteiger partial charge in [0.2, 0.25) is 5.91 Å². The number of halogens is 2. The second-order valence-electron chi connectivity index (χ2n) is 8.79. The zero-order valence-electron chi connectivity index (χ0n) is 18.8. The number of para-hydroxylation sites is 1. The lowest BCUT2D eigenvalue weighted by atomic mass is 9.78. The molecule has 1 amide bonds. The molecule has 8 heteroatoms. The summed E-state index contributed by atoms with van der Waals surface area (Å²) in [5.74, 6) is 0.331. The number of amides is 1. The molecule has 3 aromatic rings. The van der Waals surface area contributed by atoms with Crippen LogP contribution in [0.15, 0.2) is 52.4 Å². The fourth-order valence-corrected chi connectivity index (χ4v) is 5.45. The molecule has 1 saturated carbocycles. The Bertz CT molecular complexity index is 1250.